The molecular weight excluding hydrogens is 580 g/mol. The van der Waals surface area contributed by atoms with Gasteiger partial charge in [-0.05, 0) is 71.0 Å². The Kier molecular flexibility index (Phi) is 9.36. The molecule has 3 amide bonds. The summed E-state index contributed by atoms with van der Waals surface area (Å²) in [4.78, 5) is 60.9. The lowest BCUT2D eigenvalue weighted by Gasteiger charge is -2.34. The predicted octanol–water partition coefficient (Wildman–Crippen LogP) is 5.21. The van der Waals surface area contributed by atoms with E-state index in [9.17, 15) is 19.2 Å². The Morgan fingerprint density at radius 1 is 0.913 bits per heavy atom. The number of nitrogens with zero attached hydrogens (tertiary/aromatic N) is 3. The smallest absolute Gasteiger partial charge is 0.255 e. The number of pyridine rings is 2. The molecule has 0 spiro atoms. The summed E-state index contributed by atoms with van der Waals surface area (Å²) in [7, 11) is 0. The zero-order valence-electron chi connectivity index (χ0n) is 26.9. The molecule has 0 atom stereocenters. The third-order valence-corrected chi connectivity index (χ3v) is 8.37. The van der Waals surface area contributed by atoms with Gasteiger partial charge in [0.2, 0.25) is 5.91 Å². The molecule has 10 nitrogen and oxygen atoms in total. The molecule has 1 fully saturated rings. The monoisotopic (exact) mass is 620 g/mol. The second kappa shape index (κ2) is 13.4. The molecule has 3 N–H and O–H groups in total. The van der Waals surface area contributed by atoms with Gasteiger partial charge in [-0.1, -0.05) is 45.0 Å². The number of carbonyl (C=O) groups is 3. The van der Waals surface area contributed by atoms with Crippen LogP contribution in [0.5, 0.6) is 0 Å². The first-order chi connectivity index (χ1) is 21.9. The van der Waals surface area contributed by atoms with Crippen LogP contribution < -0.4 is 16.2 Å². The van der Waals surface area contributed by atoms with Gasteiger partial charge < -0.3 is 25.4 Å². The summed E-state index contributed by atoms with van der Waals surface area (Å²) >= 11 is 0. The number of H-pyrrole nitrogens is 1. The molecular formula is C36H40N6O4. The van der Waals surface area contributed by atoms with E-state index in [0.29, 0.717) is 54.4 Å². The zero-order valence-corrected chi connectivity index (χ0v) is 26.9. The lowest BCUT2D eigenvalue weighted by atomic mass is 9.86. The topological polar surface area (TPSA) is 127 Å². The van der Waals surface area contributed by atoms with Crippen molar-refractivity contribution in [3.05, 3.63) is 111 Å². The van der Waals surface area contributed by atoms with E-state index in [1.165, 1.54) is 13.1 Å². The molecule has 5 rings (SSSR count). The Bertz CT molecular complexity index is 1800. The standard InChI is InChI=1S/C36H40N6O4/c1-23-30(7-6-8-31(23)40-34(45)25-9-12-29(13-10-25)36(3,4)5)27-19-28(33(44)39-21-27)22-38-32-14-11-26(20-37-32)35(46)42-17-15-41(16-18-42)24(2)43/h6-14,19-21H,15-18,22H2,1-5H3,(H,37,38)(H,39,44)(H,40,45). The van der Waals surface area contributed by atoms with Crippen LogP contribution in [0.25, 0.3) is 11.1 Å². The SMILES string of the molecule is CC(=O)N1CCN(C(=O)c2ccc(NCc3cc(-c4cccc(NC(=O)c5ccc(C(C)(C)C)cc5)c4C)c[nH]c3=O)nc2)CC1. The van der Waals surface area contributed by atoms with E-state index >= 15 is 0 Å². The van der Waals surface area contributed by atoms with Crippen molar-refractivity contribution in [2.45, 2.75) is 46.6 Å². The van der Waals surface area contributed by atoms with E-state index in [1.807, 2.05) is 55.5 Å². The molecule has 46 heavy (non-hydrogen) atoms. The number of benzene rings is 2. The molecule has 0 bridgehead atoms. The summed E-state index contributed by atoms with van der Waals surface area (Å²) in [6.45, 7) is 12.1. The highest BCUT2D eigenvalue weighted by atomic mass is 16.2. The highest BCUT2D eigenvalue weighted by Gasteiger charge is 2.23. The molecule has 1 aliphatic heterocycles. The Morgan fingerprint density at radius 2 is 1.59 bits per heavy atom. The molecule has 0 radical (unpaired) electrons. The van der Waals surface area contributed by atoms with Crippen molar-refractivity contribution in [1.29, 1.82) is 0 Å². The van der Waals surface area contributed by atoms with Crippen LogP contribution in [-0.4, -0.2) is 63.7 Å². The first-order valence-electron chi connectivity index (χ1n) is 15.4. The lowest BCUT2D eigenvalue weighted by molar-refractivity contribution is -0.130. The molecule has 0 saturated carbocycles. The average Bonchev–Trinajstić information content (AvgIpc) is 3.05. The molecule has 1 saturated heterocycles. The third-order valence-electron chi connectivity index (χ3n) is 8.37. The minimum atomic E-state index is -0.228. The van der Waals surface area contributed by atoms with E-state index in [0.717, 1.165) is 22.3 Å². The number of aromatic amines is 1. The van der Waals surface area contributed by atoms with Crippen molar-refractivity contribution in [2.75, 3.05) is 36.8 Å². The molecule has 10 heteroatoms. The number of aromatic nitrogens is 2. The number of rotatable bonds is 7. The number of hydrogen-bond acceptors (Lipinski definition) is 6. The van der Waals surface area contributed by atoms with Crippen LogP contribution in [0, 0.1) is 6.92 Å². The van der Waals surface area contributed by atoms with Crippen molar-refractivity contribution < 1.29 is 14.4 Å². The quantitative estimate of drug-likeness (QED) is 0.260. The maximum atomic E-state index is 13.1. The molecule has 0 unspecified atom stereocenters. The molecule has 2 aromatic heterocycles. The van der Waals surface area contributed by atoms with Crippen molar-refractivity contribution in [3.8, 4) is 11.1 Å². The Balaban J connectivity index is 1.24. The van der Waals surface area contributed by atoms with Gasteiger partial charge >= 0.3 is 0 Å². The maximum absolute atomic E-state index is 13.1. The van der Waals surface area contributed by atoms with Crippen LogP contribution in [-0.2, 0) is 16.8 Å². The predicted molar refractivity (Wildman–Crippen MR) is 180 cm³/mol. The fraction of sp³-hybridized carbons (Fsp3) is 0.306. The number of piperazine rings is 1. The number of anilines is 2. The second-order valence-corrected chi connectivity index (χ2v) is 12.6. The van der Waals surface area contributed by atoms with Crippen molar-refractivity contribution >= 4 is 29.2 Å². The van der Waals surface area contributed by atoms with Gasteiger partial charge in [0.25, 0.3) is 17.4 Å². The largest absolute Gasteiger partial charge is 0.366 e. The summed E-state index contributed by atoms with van der Waals surface area (Å²) in [5.74, 6) is 0.222. The van der Waals surface area contributed by atoms with Gasteiger partial charge in [-0.15, -0.1) is 0 Å². The van der Waals surface area contributed by atoms with Gasteiger partial charge in [0.1, 0.15) is 5.82 Å². The minimum absolute atomic E-state index is 0.00190. The molecule has 0 aliphatic carbocycles. The number of carbonyl (C=O) groups excluding carboxylic acids is 3. The van der Waals surface area contributed by atoms with E-state index < -0.39 is 0 Å². The molecule has 238 valence electrons. The summed E-state index contributed by atoms with van der Waals surface area (Å²) in [5, 5.41) is 6.20. The summed E-state index contributed by atoms with van der Waals surface area (Å²) in [6.07, 6.45) is 3.19. The van der Waals surface area contributed by atoms with Crippen molar-refractivity contribution in [1.82, 2.24) is 19.8 Å². The van der Waals surface area contributed by atoms with E-state index in [-0.39, 0.29) is 35.2 Å². The van der Waals surface area contributed by atoms with Crippen LogP contribution >= 0.6 is 0 Å². The van der Waals surface area contributed by atoms with E-state index in [2.05, 4.69) is 41.4 Å². The Labute approximate surface area is 268 Å². The number of amides is 3. The zero-order chi connectivity index (χ0) is 33.0. The van der Waals surface area contributed by atoms with Gasteiger partial charge in [0, 0.05) is 68.9 Å². The molecule has 1 aliphatic rings. The first-order valence-corrected chi connectivity index (χ1v) is 15.4. The van der Waals surface area contributed by atoms with Crippen LogP contribution in [0.3, 0.4) is 0 Å². The van der Waals surface area contributed by atoms with Gasteiger partial charge in [0.05, 0.1) is 5.56 Å². The molecule has 4 aromatic rings. The van der Waals surface area contributed by atoms with Crippen LogP contribution in [0.2, 0.25) is 0 Å². The van der Waals surface area contributed by atoms with Crippen LogP contribution in [0.4, 0.5) is 11.5 Å². The number of hydrogen-bond donors (Lipinski definition) is 3. The highest BCUT2D eigenvalue weighted by molar-refractivity contribution is 6.05. The first kappa shape index (κ1) is 32.2. The molecule has 3 heterocycles. The fourth-order valence-electron chi connectivity index (χ4n) is 5.44. The summed E-state index contributed by atoms with van der Waals surface area (Å²) < 4.78 is 0. The highest BCUT2D eigenvalue weighted by Crippen LogP contribution is 2.29. The van der Waals surface area contributed by atoms with Crippen molar-refractivity contribution in [3.63, 3.8) is 0 Å². The average molecular weight is 621 g/mol. The Morgan fingerprint density at radius 3 is 2.22 bits per heavy atom. The van der Waals surface area contributed by atoms with Crippen LogP contribution in [0.15, 0.2) is 77.9 Å². The maximum Gasteiger partial charge on any atom is 0.255 e. The fourth-order valence-corrected chi connectivity index (χ4v) is 5.44. The van der Waals surface area contributed by atoms with Gasteiger partial charge in [-0.25, -0.2) is 4.98 Å². The van der Waals surface area contributed by atoms with E-state index in [1.54, 1.807) is 28.1 Å². The lowest BCUT2D eigenvalue weighted by Crippen LogP contribution is -2.50. The third kappa shape index (κ3) is 7.34. The molecule has 2 aromatic carbocycles. The number of nitrogens with one attached hydrogen (secondary N) is 3. The summed E-state index contributed by atoms with van der Waals surface area (Å²) in [6, 6.07) is 18.6. The Hall–Kier alpha value is -5.25. The van der Waals surface area contributed by atoms with Gasteiger partial charge in [-0.3, -0.25) is 19.2 Å². The van der Waals surface area contributed by atoms with Crippen molar-refractivity contribution in [2.24, 2.45) is 0 Å². The van der Waals surface area contributed by atoms with Gasteiger partial charge in [-0.2, -0.15) is 0 Å². The normalized spacial score (nSPS) is 13.3. The minimum Gasteiger partial charge on any atom is -0.366 e. The van der Waals surface area contributed by atoms with E-state index in [4.69, 9.17) is 0 Å². The van der Waals surface area contributed by atoms with Crippen LogP contribution in [0.1, 0.15) is 65.1 Å². The second-order valence-electron chi connectivity index (χ2n) is 12.6. The summed E-state index contributed by atoms with van der Waals surface area (Å²) in [5.41, 5.74) is 5.73. The van der Waals surface area contributed by atoms with Gasteiger partial charge in [0.15, 0.2) is 0 Å².